The molecule has 1 aliphatic rings. The summed E-state index contributed by atoms with van der Waals surface area (Å²) < 4.78 is 0. The summed E-state index contributed by atoms with van der Waals surface area (Å²) in [5.74, 6) is 0. The molecular formula is C7H13N3. The van der Waals surface area contributed by atoms with Crippen LogP contribution in [0.4, 0.5) is 0 Å². The maximum atomic E-state index is 7.48. The van der Waals surface area contributed by atoms with E-state index < -0.39 is 0 Å². The average molecular weight is 139 g/mol. The molecule has 3 nitrogen and oxygen atoms in total. The van der Waals surface area contributed by atoms with Crippen molar-refractivity contribution in [2.75, 3.05) is 13.1 Å². The molecular weight excluding hydrogens is 126 g/mol. The van der Waals surface area contributed by atoms with Crippen LogP contribution in [0.15, 0.2) is 11.3 Å². The summed E-state index contributed by atoms with van der Waals surface area (Å²) in [5.41, 5.74) is 8.04. The van der Waals surface area contributed by atoms with Crippen molar-refractivity contribution in [3.8, 4) is 0 Å². The van der Waals surface area contributed by atoms with Gasteiger partial charge in [0.05, 0.1) is 5.71 Å². The molecule has 0 spiro atoms. The van der Waals surface area contributed by atoms with E-state index in [1.807, 2.05) is 6.92 Å². The zero-order valence-electron chi connectivity index (χ0n) is 6.20. The quantitative estimate of drug-likeness (QED) is 0.450. The molecule has 1 saturated heterocycles. The third-order valence-corrected chi connectivity index (χ3v) is 1.69. The summed E-state index contributed by atoms with van der Waals surface area (Å²) in [6.45, 7) is 3.48. The summed E-state index contributed by atoms with van der Waals surface area (Å²) in [7, 11) is 0. The van der Waals surface area contributed by atoms with Crippen molar-refractivity contribution in [1.29, 1.82) is 5.41 Å². The molecule has 1 fully saturated rings. The fourth-order valence-corrected chi connectivity index (χ4v) is 1.12. The SMILES string of the molecule is C/C(N)=C1\CCNCC1=N. The lowest BCUT2D eigenvalue weighted by atomic mass is 10.0. The highest BCUT2D eigenvalue weighted by molar-refractivity contribution is 6.00. The van der Waals surface area contributed by atoms with Crippen LogP contribution in [0.3, 0.4) is 0 Å². The van der Waals surface area contributed by atoms with Crippen LogP contribution in [0.2, 0.25) is 0 Å². The molecule has 1 heterocycles. The fraction of sp³-hybridized carbons (Fsp3) is 0.571. The Labute approximate surface area is 60.8 Å². The van der Waals surface area contributed by atoms with Crippen LogP contribution in [0, 0.1) is 5.41 Å². The molecule has 3 heteroatoms. The molecule has 0 atom stereocenters. The Hall–Kier alpha value is -0.830. The first-order chi connectivity index (χ1) is 4.72. The third-order valence-electron chi connectivity index (χ3n) is 1.69. The smallest absolute Gasteiger partial charge is 0.0501 e. The topological polar surface area (TPSA) is 61.9 Å². The highest BCUT2D eigenvalue weighted by Crippen LogP contribution is 2.08. The van der Waals surface area contributed by atoms with Crippen LogP contribution in [-0.2, 0) is 0 Å². The van der Waals surface area contributed by atoms with E-state index in [1.54, 1.807) is 0 Å². The van der Waals surface area contributed by atoms with Gasteiger partial charge in [-0.1, -0.05) is 0 Å². The van der Waals surface area contributed by atoms with Crippen molar-refractivity contribution >= 4 is 5.71 Å². The summed E-state index contributed by atoms with van der Waals surface area (Å²) in [6, 6.07) is 0. The summed E-state index contributed by atoms with van der Waals surface area (Å²) in [5, 5.41) is 10.6. The second-order valence-corrected chi connectivity index (χ2v) is 2.57. The van der Waals surface area contributed by atoms with E-state index in [-0.39, 0.29) is 0 Å². The van der Waals surface area contributed by atoms with Gasteiger partial charge in [-0.15, -0.1) is 0 Å². The second kappa shape index (κ2) is 2.84. The second-order valence-electron chi connectivity index (χ2n) is 2.57. The van der Waals surface area contributed by atoms with Gasteiger partial charge in [-0.25, -0.2) is 0 Å². The standard InChI is InChI=1S/C7H13N3/c1-5(8)6-2-3-10-4-7(6)9/h9-10H,2-4,8H2,1H3/b6-5-,9-7?. The molecule has 0 aromatic carbocycles. The van der Waals surface area contributed by atoms with E-state index in [1.165, 1.54) is 0 Å². The van der Waals surface area contributed by atoms with Gasteiger partial charge >= 0.3 is 0 Å². The number of allylic oxidation sites excluding steroid dienone is 1. The van der Waals surface area contributed by atoms with Gasteiger partial charge in [-0.3, -0.25) is 0 Å². The van der Waals surface area contributed by atoms with Gasteiger partial charge in [0.25, 0.3) is 0 Å². The van der Waals surface area contributed by atoms with Gasteiger partial charge in [-0.2, -0.15) is 0 Å². The van der Waals surface area contributed by atoms with Crippen molar-refractivity contribution in [2.45, 2.75) is 13.3 Å². The van der Waals surface area contributed by atoms with Gasteiger partial charge in [-0.05, 0) is 25.5 Å². The zero-order valence-corrected chi connectivity index (χ0v) is 6.20. The maximum absolute atomic E-state index is 7.48. The number of nitrogens with one attached hydrogen (secondary N) is 2. The first-order valence-electron chi connectivity index (χ1n) is 3.45. The highest BCUT2D eigenvalue weighted by atomic mass is 14.9. The summed E-state index contributed by atoms with van der Waals surface area (Å²) in [6.07, 6.45) is 0.904. The largest absolute Gasteiger partial charge is 0.402 e. The normalized spacial score (nSPS) is 24.7. The van der Waals surface area contributed by atoms with E-state index in [2.05, 4.69) is 5.32 Å². The van der Waals surface area contributed by atoms with E-state index in [0.29, 0.717) is 12.3 Å². The minimum absolute atomic E-state index is 0.645. The number of rotatable bonds is 0. The molecule has 0 saturated carbocycles. The minimum Gasteiger partial charge on any atom is -0.402 e. The van der Waals surface area contributed by atoms with Gasteiger partial charge in [0, 0.05) is 12.2 Å². The first kappa shape index (κ1) is 7.28. The summed E-state index contributed by atoms with van der Waals surface area (Å²) in [4.78, 5) is 0. The Bertz CT molecular complexity index is 177. The molecule has 0 aromatic heterocycles. The molecule has 1 rings (SSSR count). The molecule has 0 radical (unpaired) electrons. The number of hydrogen-bond donors (Lipinski definition) is 3. The fourth-order valence-electron chi connectivity index (χ4n) is 1.12. The van der Waals surface area contributed by atoms with E-state index in [4.69, 9.17) is 11.1 Å². The molecule has 0 unspecified atom stereocenters. The Morgan fingerprint density at radius 3 is 2.80 bits per heavy atom. The Balaban J connectivity index is 2.75. The lowest BCUT2D eigenvalue weighted by Crippen LogP contribution is -2.32. The van der Waals surface area contributed by atoms with Crippen LogP contribution < -0.4 is 11.1 Å². The van der Waals surface area contributed by atoms with Crippen molar-refractivity contribution in [1.82, 2.24) is 5.32 Å². The molecule has 0 bridgehead atoms. The number of hydrogen-bond acceptors (Lipinski definition) is 3. The van der Waals surface area contributed by atoms with Gasteiger partial charge < -0.3 is 16.5 Å². The van der Waals surface area contributed by atoms with Gasteiger partial charge in [0.1, 0.15) is 0 Å². The zero-order chi connectivity index (χ0) is 7.56. The molecule has 56 valence electrons. The maximum Gasteiger partial charge on any atom is 0.0501 e. The highest BCUT2D eigenvalue weighted by Gasteiger charge is 2.11. The van der Waals surface area contributed by atoms with Crippen LogP contribution >= 0.6 is 0 Å². The Kier molecular flexibility index (Phi) is 2.06. The van der Waals surface area contributed by atoms with E-state index in [0.717, 1.165) is 24.2 Å². The molecule has 0 amide bonds. The lowest BCUT2D eigenvalue weighted by Gasteiger charge is -2.17. The predicted octanol–water partition coefficient (Wildman–Crippen LogP) is 0.232. The van der Waals surface area contributed by atoms with Crippen molar-refractivity contribution in [3.63, 3.8) is 0 Å². The lowest BCUT2D eigenvalue weighted by molar-refractivity contribution is 0.724. The average Bonchev–Trinajstić information content (AvgIpc) is 1.88. The molecule has 0 aromatic rings. The van der Waals surface area contributed by atoms with E-state index in [9.17, 15) is 0 Å². The first-order valence-corrected chi connectivity index (χ1v) is 3.45. The van der Waals surface area contributed by atoms with Crippen molar-refractivity contribution < 1.29 is 0 Å². The Morgan fingerprint density at radius 2 is 2.40 bits per heavy atom. The molecule has 1 aliphatic heterocycles. The van der Waals surface area contributed by atoms with Crippen molar-refractivity contribution in [3.05, 3.63) is 11.3 Å². The van der Waals surface area contributed by atoms with Crippen LogP contribution in [-0.4, -0.2) is 18.8 Å². The van der Waals surface area contributed by atoms with Crippen LogP contribution in [0.5, 0.6) is 0 Å². The summed E-state index contributed by atoms with van der Waals surface area (Å²) >= 11 is 0. The number of nitrogens with two attached hydrogens (primary N) is 1. The van der Waals surface area contributed by atoms with Gasteiger partial charge in [0.2, 0.25) is 0 Å². The van der Waals surface area contributed by atoms with Crippen molar-refractivity contribution in [2.24, 2.45) is 5.73 Å². The van der Waals surface area contributed by atoms with Crippen LogP contribution in [0.1, 0.15) is 13.3 Å². The molecule has 4 N–H and O–H groups in total. The monoisotopic (exact) mass is 139 g/mol. The van der Waals surface area contributed by atoms with Crippen LogP contribution in [0.25, 0.3) is 0 Å². The van der Waals surface area contributed by atoms with E-state index >= 15 is 0 Å². The third kappa shape index (κ3) is 1.36. The minimum atomic E-state index is 0.645. The van der Waals surface area contributed by atoms with Gasteiger partial charge in [0.15, 0.2) is 0 Å². The molecule has 10 heavy (non-hydrogen) atoms. The predicted molar refractivity (Wildman–Crippen MR) is 42.1 cm³/mol. The Morgan fingerprint density at radius 1 is 1.70 bits per heavy atom. The number of piperidine rings is 1. The molecule has 0 aliphatic carbocycles.